The Bertz CT molecular complexity index is 606. The molecule has 1 aromatic rings. The van der Waals surface area contributed by atoms with E-state index in [-0.39, 0.29) is 0 Å². The van der Waals surface area contributed by atoms with Gasteiger partial charge in [-0.25, -0.2) is 0 Å². The van der Waals surface area contributed by atoms with E-state index in [4.69, 9.17) is 13.9 Å². The molecule has 3 aliphatic rings. The first-order chi connectivity index (χ1) is 13.1. The van der Waals surface area contributed by atoms with Crippen molar-refractivity contribution in [3.8, 4) is 0 Å². The van der Waals surface area contributed by atoms with Crippen LogP contribution in [0.2, 0.25) is 0 Å². The molecule has 27 heavy (non-hydrogen) atoms. The van der Waals surface area contributed by atoms with Crippen LogP contribution in [0.4, 0.5) is 0 Å². The van der Waals surface area contributed by atoms with Crippen molar-refractivity contribution in [2.45, 2.75) is 52.1 Å². The second-order valence-electron chi connectivity index (χ2n) is 9.02. The SMILES string of the molecule is COC[C@@]12CC[C@@H](N3CCOCC3)C[C@H]1CCN(Cc1cc(C)c(C)o1)C2. The van der Waals surface area contributed by atoms with Crippen molar-refractivity contribution >= 4 is 0 Å². The van der Waals surface area contributed by atoms with Crippen molar-refractivity contribution in [3.05, 3.63) is 23.2 Å². The van der Waals surface area contributed by atoms with Crippen LogP contribution in [0.15, 0.2) is 10.5 Å². The van der Waals surface area contributed by atoms with Gasteiger partial charge in [0.25, 0.3) is 0 Å². The number of fused-ring (bicyclic) bond motifs is 1. The van der Waals surface area contributed by atoms with Crippen LogP contribution < -0.4 is 0 Å². The molecular weight excluding hydrogens is 340 g/mol. The van der Waals surface area contributed by atoms with Crippen LogP contribution in [0, 0.1) is 25.2 Å². The molecule has 0 bridgehead atoms. The molecule has 2 aliphatic heterocycles. The molecule has 0 unspecified atom stereocenters. The van der Waals surface area contributed by atoms with Crippen LogP contribution in [0.25, 0.3) is 0 Å². The molecule has 3 atom stereocenters. The van der Waals surface area contributed by atoms with Gasteiger partial charge in [-0.15, -0.1) is 0 Å². The summed E-state index contributed by atoms with van der Waals surface area (Å²) >= 11 is 0. The topological polar surface area (TPSA) is 38.1 Å². The van der Waals surface area contributed by atoms with Crippen molar-refractivity contribution in [1.82, 2.24) is 9.80 Å². The van der Waals surface area contributed by atoms with E-state index < -0.39 is 0 Å². The zero-order valence-electron chi connectivity index (χ0n) is 17.3. The Balaban J connectivity index is 1.42. The van der Waals surface area contributed by atoms with Gasteiger partial charge in [-0.05, 0) is 63.6 Å². The standard InChI is InChI=1S/C22H36N2O3/c1-17-12-21(27-18(17)2)14-23-7-5-19-13-20(24-8-10-26-11-9-24)4-6-22(19,15-23)16-25-3/h12,19-20H,4-11,13-16H2,1-3H3/t19-,20-,22+/m1/s1. The highest BCUT2D eigenvalue weighted by Gasteiger charge is 2.48. The zero-order valence-corrected chi connectivity index (χ0v) is 17.3. The molecule has 5 nitrogen and oxygen atoms in total. The summed E-state index contributed by atoms with van der Waals surface area (Å²) in [5.74, 6) is 2.94. The van der Waals surface area contributed by atoms with Crippen molar-refractivity contribution in [2.24, 2.45) is 11.3 Å². The van der Waals surface area contributed by atoms with Crippen LogP contribution in [0.3, 0.4) is 0 Å². The Morgan fingerprint density at radius 3 is 2.70 bits per heavy atom. The maximum Gasteiger partial charge on any atom is 0.118 e. The van der Waals surface area contributed by atoms with Gasteiger partial charge in [0.05, 0.1) is 26.4 Å². The predicted octanol–water partition coefficient (Wildman–Crippen LogP) is 3.24. The Kier molecular flexibility index (Phi) is 5.93. The largest absolute Gasteiger partial charge is 0.465 e. The first-order valence-corrected chi connectivity index (χ1v) is 10.7. The molecule has 0 spiro atoms. The molecule has 1 aliphatic carbocycles. The van der Waals surface area contributed by atoms with Crippen LogP contribution in [0.1, 0.15) is 42.8 Å². The summed E-state index contributed by atoms with van der Waals surface area (Å²) in [6.07, 6.45) is 5.19. The summed E-state index contributed by atoms with van der Waals surface area (Å²) in [5.41, 5.74) is 1.57. The number of nitrogens with zero attached hydrogens (tertiary/aromatic N) is 2. The molecule has 3 heterocycles. The Labute approximate surface area is 164 Å². The molecule has 5 heteroatoms. The number of furan rings is 1. The summed E-state index contributed by atoms with van der Waals surface area (Å²) in [5, 5.41) is 0. The lowest BCUT2D eigenvalue weighted by Gasteiger charge is -2.54. The second-order valence-corrected chi connectivity index (χ2v) is 9.02. The fourth-order valence-corrected chi connectivity index (χ4v) is 5.73. The van der Waals surface area contributed by atoms with Crippen LogP contribution in [-0.2, 0) is 16.0 Å². The van der Waals surface area contributed by atoms with Crippen molar-refractivity contribution in [3.63, 3.8) is 0 Å². The van der Waals surface area contributed by atoms with Gasteiger partial charge in [0.15, 0.2) is 0 Å². The molecular formula is C22H36N2O3. The molecule has 1 aromatic heterocycles. The quantitative estimate of drug-likeness (QED) is 0.789. The number of hydrogen-bond acceptors (Lipinski definition) is 5. The minimum absolute atomic E-state index is 0.312. The van der Waals surface area contributed by atoms with E-state index in [1.54, 1.807) is 0 Å². The highest BCUT2D eigenvalue weighted by Crippen LogP contribution is 2.48. The van der Waals surface area contributed by atoms with Crippen molar-refractivity contribution in [1.29, 1.82) is 0 Å². The van der Waals surface area contributed by atoms with Gasteiger partial charge in [-0.3, -0.25) is 9.80 Å². The van der Waals surface area contributed by atoms with Crippen molar-refractivity contribution in [2.75, 3.05) is 53.1 Å². The molecule has 0 aromatic carbocycles. The number of morpholine rings is 1. The second kappa shape index (κ2) is 8.24. The molecule has 152 valence electrons. The van der Waals surface area contributed by atoms with Gasteiger partial charge in [0.1, 0.15) is 11.5 Å². The van der Waals surface area contributed by atoms with E-state index in [0.29, 0.717) is 5.41 Å². The van der Waals surface area contributed by atoms with Crippen LogP contribution in [-0.4, -0.2) is 69.0 Å². The molecule has 0 N–H and O–H groups in total. The van der Waals surface area contributed by atoms with Gasteiger partial charge in [0, 0.05) is 38.2 Å². The average molecular weight is 377 g/mol. The summed E-state index contributed by atoms with van der Waals surface area (Å²) in [4.78, 5) is 5.28. The number of rotatable bonds is 5. The molecule has 4 rings (SSSR count). The van der Waals surface area contributed by atoms with E-state index in [1.807, 2.05) is 7.11 Å². The van der Waals surface area contributed by atoms with Gasteiger partial charge >= 0.3 is 0 Å². The number of ether oxygens (including phenoxy) is 2. The van der Waals surface area contributed by atoms with Crippen LogP contribution in [0.5, 0.6) is 0 Å². The molecule has 0 radical (unpaired) electrons. The maximum absolute atomic E-state index is 5.95. The Hall–Kier alpha value is -0.880. The minimum Gasteiger partial charge on any atom is -0.465 e. The number of likely N-dealkylation sites (tertiary alicyclic amines) is 1. The lowest BCUT2D eigenvalue weighted by atomic mass is 9.62. The van der Waals surface area contributed by atoms with Gasteiger partial charge in [-0.2, -0.15) is 0 Å². The lowest BCUT2D eigenvalue weighted by Crippen LogP contribution is -2.56. The summed E-state index contributed by atoms with van der Waals surface area (Å²) < 4.78 is 17.3. The monoisotopic (exact) mass is 376 g/mol. The van der Waals surface area contributed by atoms with Gasteiger partial charge in [-0.1, -0.05) is 0 Å². The van der Waals surface area contributed by atoms with E-state index in [1.165, 1.54) is 37.8 Å². The fraction of sp³-hybridized carbons (Fsp3) is 0.818. The summed E-state index contributed by atoms with van der Waals surface area (Å²) in [6, 6.07) is 2.95. The maximum atomic E-state index is 5.95. The highest BCUT2D eigenvalue weighted by molar-refractivity contribution is 5.18. The fourth-order valence-electron chi connectivity index (χ4n) is 5.73. The van der Waals surface area contributed by atoms with E-state index >= 15 is 0 Å². The average Bonchev–Trinajstić information content (AvgIpc) is 2.99. The number of aryl methyl sites for hydroxylation is 2. The number of piperidine rings is 1. The van der Waals surface area contributed by atoms with Gasteiger partial charge in [0.2, 0.25) is 0 Å². The Morgan fingerprint density at radius 2 is 2.00 bits per heavy atom. The first kappa shape index (κ1) is 19.4. The smallest absolute Gasteiger partial charge is 0.118 e. The van der Waals surface area contributed by atoms with Crippen molar-refractivity contribution < 1.29 is 13.9 Å². The molecule has 2 saturated heterocycles. The molecule has 1 saturated carbocycles. The third kappa shape index (κ3) is 4.12. The molecule has 0 amide bonds. The molecule has 3 fully saturated rings. The van der Waals surface area contributed by atoms with E-state index in [9.17, 15) is 0 Å². The van der Waals surface area contributed by atoms with Gasteiger partial charge < -0.3 is 13.9 Å². The third-order valence-corrected chi connectivity index (χ3v) is 7.32. The summed E-state index contributed by atoms with van der Waals surface area (Å²) in [6.45, 7) is 12.3. The van der Waals surface area contributed by atoms with E-state index in [0.717, 1.165) is 69.5 Å². The van der Waals surface area contributed by atoms with Crippen LogP contribution >= 0.6 is 0 Å². The third-order valence-electron chi connectivity index (χ3n) is 7.32. The van der Waals surface area contributed by atoms with E-state index in [2.05, 4.69) is 29.7 Å². The number of methoxy groups -OCH3 is 1. The minimum atomic E-state index is 0.312. The summed E-state index contributed by atoms with van der Waals surface area (Å²) in [7, 11) is 1.87. The first-order valence-electron chi connectivity index (χ1n) is 10.7. The predicted molar refractivity (Wildman–Crippen MR) is 106 cm³/mol. The number of hydrogen-bond donors (Lipinski definition) is 0. The highest BCUT2D eigenvalue weighted by atomic mass is 16.5. The lowest BCUT2D eigenvalue weighted by molar-refractivity contribution is -0.0879. The normalized spacial score (nSPS) is 33.1. The Morgan fingerprint density at radius 1 is 1.19 bits per heavy atom. The zero-order chi connectivity index (χ0) is 18.9.